The Kier molecular flexibility index (Phi) is 5.00. The molecule has 0 atom stereocenters. The number of ether oxygens (including phenoxy) is 1. The second-order valence-electron chi connectivity index (χ2n) is 5.46. The Hall–Kier alpha value is -2.14. The lowest BCUT2D eigenvalue weighted by atomic mass is 10.2. The summed E-state index contributed by atoms with van der Waals surface area (Å²) < 4.78 is 47.1. The molecule has 2 aromatic rings. The van der Waals surface area contributed by atoms with Crippen molar-refractivity contribution in [1.82, 2.24) is 0 Å². The van der Waals surface area contributed by atoms with E-state index in [1.165, 1.54) is 18.2 Å². The Morgan fingerprint density at radius 2 is 1.83 bits per heavy atom. The maximum absolute atomic E-state index is 14.1. The maximum Gasteiger partial charge on any atom is 0.168 e. The summed E-state index contributed by atoms with van der Waals surface area (Å²) in [6.45, 7) is 1.02. The fourth-order valence-corrected chi connectivity index (χ4v) is 2.68. The van der Waals surface area contributed by atoms with Crippen molar-refractivity contribution >= 4 is 17.3 Å². The summed E-state index contributed by atoms with van der Waals surface area (Å²) in [6.07, 6.45) is 4.73. The minimum atomic E-state index is -0.821. The molecule has 3 rings (SSSR count). The standard InChI is InChI=1S/C18H15ClF3NO/c19-13-5-4-12(14(20)8-13)11-24-18-10-17(15(21)9-16(18)22)23-6-2-1-3-7-23/h1-2,4-5,8-10H,3,6-7,11H2. The molecule has 1 aliphatic rings. The van der Waals surface area contributed by atoms with Gasteiger partial charge in [-0.3, -0.25) is 0 Å². The van der Waals surface area contributed by atoms with Gasteiger partial charge in [-0.25, -0.2) is 13.2 Å². The normalized spacial score (nSPS) is 14.1. The molecule has 0 spiro atoms. The van der Waals surface area contributed by atoms with E-state index in [0.29, 0.717) is 13.1 Å². The molecule has 24 heavy (non-hydrogen) atoms. The Bertz CT molecular complexity index is 779. The van der Waals surface area contributed by atoms with Crippen molar-refractivity contribution in [2.45, 2.75) is 13.0 Å². The molecule has 0 amide bonds. The predicted octanol–water partition coefficient (Wildman–Crippen LogP) is 5.10. The number of halogens is 4. The van der Waals surface area contributed by atoms with Crippen LogP contribution in [0.2, 0.25) is 5.02 Å². The van der Waals surface area contributed by atoms with Gasteiger partial charge < -0.3 is 9.64 Å². The van der Waals surface area contributed by atoms with Gasteiger partial charge in [0.1, 0.15) is 18.2 Å². The number of hydrogen-bond donors (Lipinski definition) is 0. The maximum atomic E-state index is 14.1. The van der Waals surface area contributed by atoms with E-state index in [9.17, 15) is 13.2 Å². The summed E-state index contributed by atoms with van der Waals surface area (Å²) in [6, 6.07) is 6.26. The van der Waals surface area contributed by atoms with Crippen molar-refractivity contribution < 1.29 is 17.9 Å². The number of anilines is 1. The van der Waals surface area contributed by atoms with E-state index >= 15 is 0 Å². The van der Waals surface area contributed by atoms with Gasteiger partial charge in [-0.05, 0) is 18.6 Å². The Morgan fingerprint density at radius 3 is 2.54 bits per heavy atom. The number of benzene rings is 2. The molecule has 2 nitrogen and oxygen atoms in total. The second kappa shape index (κ2) is 7.18. The molecule has 6 heteroatoms. The summed E-state index contributed by atoms with van der Waals surface area (Å²) in [4.78, 5) is 1.80. The summed E-state index contributed by atoms with van der Waals surface area (Å²) in [5.74, 6) is -2.12. The lowest BCUT2D eigenvalue weighted by Crippen LogP contribution is -2.27. The lowest BCUT2D eigenvalue weighted by Gasteiger charge is -2.26. The average molecular weight is 354 g/mol. The van der Waals surface area contributed by atoms with Crippen LogP contribution < -0.4 is 9.64 Å². The number of hydrogen-bond acceptors (Lipinski definition) is 2. The fraction of sp³-hybridized carbons (Fsp3) is 0.222. The molecule has 0 bridgehead atoms. The molecular formula is C18H15ClF3NO. The first-order chi connectivity index (χ1) is 11.5. The molecule has 0 unspecified atom stereocenters. The lowest BCUT2D eigenvalue weighted by molar-refractivity contribution is 0.284. The SMILES string of the molecule is Fc1cc(Cl)ccc1COc1cc(N2CC=CCC2)c(F)cc1F. The van der Waals surface area contributed by atoms with Crippen molar-refractivity contribution in [3.8, 4) is 5.75 Å². The van der Waals surface area contributed by atoms with Crippen LogP contribution in [0.4, 0.5) is 18.9 Å². The van der Waals surface area contributed by atoms with Crippen LogP contribution in [0.15, 0.2) is 42.5 Å². The zero-order chi connectivity index (χ0) is 17.1. The van der Waals surface area contributed by atoms with Crippen molar-refractivity contribution in [3.63, 3.8) is 0 Å². The zero-order valence-electron chi connectivity index (χ0n) is 12.7. The number of nitrogens with zero attached hydrogens (tertiary/aromatic N) is 1. The molecule has 2 aromatic carbocycles. The third-order valence-corrected chi connectivity index (χ3v) is 4.03. The van der Waals surface area contributed by atoms with E-state index in [1.807, 2.05) is 12.2 Å². The molecule has 1 heterocycles. The minimum Gasteiger partial charge on any atom is -0.486 e. The zero-order valence-corrected chi connectivity index (χ0v) is 13.5. The van der Waals surface area contributed by atoms with Gasteiger partial charge in [-0.1, -0.05) is 29.8 Å². The van der Waals surface area contributed by atoms with Crippen LogP contribution in [-0.2, 0) is 6.61 Å². The van der Waals surface area contributed by atoms with Crippen LogP contribution in [0.3, 0.4) is 0 Å². The highest BCUT2D eigenvalue weighted by atomic mass is 35.5. The van der Waals surface area contributed by atoms with E-state index in [-0.39, 0.29) is 28.6 Å². The molecule has 0 aliphatic carbocycles. The Balaban J connectivity index is 1.81. The van der Waals surface area contributed by atoms with E-state index in [2.05, 4.69) is 0 Å². The van der Waals surface area contributed by atoms with Crippen molar-refractivity contribution in [2.75, 3.05) is 18.0 Å². The number of rotatable bonds is 4. The highest BCUT2D eigenvalue weighted by molar-refractivity contribution is 6.30. The molecule has 0 radical (unpaired) electrons. The van der Waals surface area contributed by atoms with Crippen molar-refractivity contribution in [2.24, 2.45) is 0 Å². The van der Waals surface area contributed by atoms with Gasteiger partial charge in [0.15, 0.2) is 11.6 Å². The van der Waals surface area contributed by atoms with Gasteiger partial charge in [0, 0.05) is 35.8 Å². The summed E-state index contributed by atoms with van der Waals surface area (Å²) >= 11 is 5.69. The van der Waals surface area contributed by atoms with Crippen LogP contribution in [0.5, 0.6) is 5.75 Å². The molecule has 0 fully saturated rings. The van der Waals surface area contributed by atoms with Crippen LogP contribution in [-0.4, -0.2) is 13.1 Å². The van der Waals surface area contributed by atoms with E-state index in [4.69, 9.17) is 16.3 Å². The molecule has 1 aliphatic heterocycles. The molecule has 126 valence electrons. The first kappa shape index (κ1) is 16.7. The molecule has 0 saturated carbocycles. The Morgan fingerprint density at radius 1 is 1.00 bits per heavy atom. The van der Waals surface area contributed by atoms with Crippen LogP contribution in [0, 0.1) is 17.5 Å². The highest BCUT2D eigenvalue weighted by Gasteiger charge is 2.17. The smallest absolute Gasteiger partial charge is 0.168 e. The van der Waals surface area contributed by atoms with E-state index in [1.54, 1.807) is 4.90 Å². The fourth-order valence-electron chi connectivity index (χ4n) is 2.53. The Labute approximate surface area is 143 Å². The molecule has 0 N–H and O–H groups in total. The highest BCUT2D eigenvalue weighted by Crippen LogP contribution is 2.30. The quantitative estimate of drug-likeness (QED) is 0.709. The second-order valence-corrected chi connectivity index (χ2v) is 5.90. The summed E-state index contributed by atoms with van der Waals surface area (Å²) in [7, 11) is 0. The van der Waals surface area contributed by atoms with Gasteiger partial charge in [0.2, 0.25) is 0 Å². The van der Waals surface area contributed by atoms with Gasteiger partial charge in [-0.15, -0.1) is 0 Å². The monoisotopic (exact) mass is 353 g/mol. The van der Waals surface area contributed by atoms with Crippen LogP contribution >= 0.6 is 11.6 Å². The van der Waals surface area contributed by atoms with Crippen LogP contribution in [0.1, 0.15) is 12.0 Å². The van der Waals surface area contributed by atoms with Crippen molar-refractivity contribution in [1.29, 1.82) is 0 Å². The van der Waals surface area contributed by atoms with Gasteiger partial charge >= 0.3 is 0 Å². The minimum absolute atomic E-state index is 0.115. The third-order valence-electron chi connectivity index (χ3n) is 3.80. The predicted molar refractivity (Wildman–Crippen MR) is 88.1 cm³/mol. The van der Waals surface area contributed by atoms with Gasteiger partial charge in [0.25, 0.3) is 0 Å². The average Bonchev–Trinajstić information content (AvgIpc) is 2.56. The topological polar surface area (TPSA) is 12.5 Å². The molecular weight excluding hydrogens is 339 g/mol. The first-order valence-electron chi connectivity index (χ1n) is 7.50. The van der Waals surface area contributed by atoms with Crippen LogP contribution in [0.25, 0.3) is 0 Å². The van der Waals surface area contributed by atoms with Crippen molar-refractivity contribution in [3.05, 3.63) is 70.5 Å². The summed E-state index contributed by atoms with van der Waals surface area (Å²) in [5, 5.41) is 0.268. The van der Waals surface area contributed by atoms with E-state index in [0.717, 1.165) is 18.6 Å². The largest absolute Gasteiger partial charge is 0.486 e. The molecule has 0 saturated heterocycles. The third kappa shape index (κ3) is 3.67. The molecule has 0 aromatic heterocycles. The van der Waals surface area contributed by atoms with E-state index < -0.39 is 17.5 Å². The van der Waals surface area contributed by atoms with Gasteiger partial charge in [0.05, 0.1) is 5.69 Å². The summed E-state index contributed by atoms with van der Waals surface area (Å²) in [5.41, 5.74) is 0.512. The first-order valence-corrected chi connectivity index (χ1v) is 7.88. The van der Waals surface area contributed by atoms with Gasteiger partial charge in [-0.2, -0.15) is 0 Å².